The average molecular weight is 1130 g/mol. The Bertz CT molecular complexity index is 4280. The number of alkyl halides is 9. The third-order valence-electron chi connectivity index (χ3n) is 20.4. The Kier molecular flexibility index (Phi) is 10.4. The van der Waals surface area contributed by atoms with E-state index in [1.54, 1.807) is 97.1 Å². The smallest absolute Gasteiger partial charge is 0.170 e. The Morgan fingerprint density at radius 3 is 0.583 bits per heavy atom. The average Bonchev–Trinajstić information content (AvgIpc) is 3.44. The van der Waals surface area contributed by atoms with Gasteiger partial charge < -0.3 is 0 Å². The summed E-state index contributed by atoms with van der Waals surface area (Å²) in [5.74, 6) is 0. The summed E-state index contributed by atoms with van der Waals surface area (Å²) in [6.45, 7) is 12.2. The molecule has 0 spiro atoms. The summed E-state index contributed by atoms with van der Waals surface area (Å²) in [7, 11) is 0. The van der Waals surface area contributed by atoms with Gasteiger partial charge in [0.2, 0.25) is 0 Å². The van der Waals surface area contributed by atoms with Gasteiger partial charge in [-0.15, -0.1) is 0 Å². The molecule has 0 bridgehead atoms. The molecule has 0 aliphatic heterocycles. The lowest BCUT2D eigenvalue weighted by atomic mass is 9.77. The number of rotatable bonds is 4. The highest BCUT2D eigenvalue weighted by atomic mass is 19.4. The summed E-state index contributed by atoms with van der Waals surface area (Å²) in [4.78, 5) is 0. The molecule has 0 N–H and O–H groups in total. The van der Waals surface area contributed by atoms with Crippen molar-refractivity contribution in [1.82, 2.24) is 0 Å². The normalized spacial score (nSPS) is 20.5. The number of hydrogen-bond acceptors (Lipinski definition) is 0. The summed E-state index contributed by atoms with van der Waals surface area (Å²) in [6.07, 6.45) is -13.7. The monoisotopic (exact) mass is 1120 g/mol. The van der Waals surface area contributed by atoms with Crippen molar-refractivity contribution in [3.63, 3.8) is 0 Å². The van der Waals surface area contributed by atoms with Crippen LogP contribution < -0.4 is 0 Å². The van der Waals surface area contributed by atoms with E-state index in [0.29, 0.717) is 55.6 Å². The van der Waals surface area contributed by atoms with Crippen LogP contribution in [0.4, 0.5) is 39.5 Å². The second kappa shape index (κ2) is 16.7. The number of hydrogen-bond donors (Lipinski definition) is 0. The Morgan fingerprint density at radius 1 is 0.202 bits per heavy atom. The fourth-order valence-electron chi connectivity index (χ4n) is 15.3. The van der Waals surface area contributed by atoms with E-state index in [0.717, 1.165) is 66.8 Å². The van der Waals surface area contributed by atoms with Gasteiger partial charge in [0.1, 0.15) is 16.2 Å². The first-order valence-corrected chi connectivity index (χ1v) is 28.3. The van der Waals surface area contributed by atoms with Crippen molar-refractivity contribution in [3.8, 4) is 100 Å². The fraction of sp³-hybridized carbons (Fsp3) is 0.200. The molecule has 2 unspecified atom stereocenters. The molecule has 416 valence electrons. The summed E-state index contributed by atoms with van der Waals surface area (Å²) in [5, 5.41) is 0. The van der Waals surface area contributed by atoms with Gasteiger partial charge in [0.25, 0.3) is 0 Å². The van der Waals surface area contributed by atoms with Crippen LogP contribution >= 0.6 is 0 Å². The number of benzene rings is 10. The van der Waals surface area contributed by atoms with Crippen molar-refractivity contribution in [2.75, 3.05) is 0 Å². The van der Waals surface area contributed by atoms with Gasteiger partial charge in [0.15, 0.2) is 0 Å². The van der Waals surface area contributed by atoms with Crippen LogP contribution in [0.25, 0.3) is 100 Å². The molecule has 0 saturated carbocycles. The maximum Gasteiger partial charge on any atom is 0.402 e. The van der Waals surface area contributed by atoms with Crippen molar-refractivity contribution >= 4 is 0 Å². The molecule has 0 heterocycles. The second-order valence-corrected chi connectivity index (χ2v) is 25.3. The van der Waals surface area contributed by atoms with E-state index in [-0.39, 0.29) is 33.4 Å². The van der Waals surface area contributed by atoms with Gasteiger partial charge >= 0.3 is 18.5 Å². The molecule has 5 aliphatic carbocycles. The van der Waals surface area contributed by atoms with Crippen molar-refractivity contribution in [3.05, 3.63) is 250 Å². The van der Waals surface area contributed by atoms with Gasteiger partial charge in [-0.05, 0) is 225 Å². The minimum absolute atomic E-state index is 0.170. The van der Waals surface area contributed by atoms with Crippen LogP contribution in [0, 0.1) is 0 Å². The maximum absolute atomic E-state index is 16.1. The molecule has 2 atom stereocenters. The quantitative estimate of drug-likeness (QED) is 0.154. The van der Waals surface area contributed by atoms with Crippen LogP contribution in [0.3, 0.4) is 0 Å². The molecule has 0 fully saturated rings. The topological polar surface area (TPSA) is 0 Å². The molecule has 0 radical (unpaired) electrons. The van der Waals surface area contributed by atoms with Crippen molar-refractivity contribution in [2.24, 2.45) is 0 Å². The molecule has 0 saturated heterocycles. The van der Waals surface area contributed by atoms with Crippen LogP contribution in [0.5, 0.6) is 0 Å². The molecule has 5 aliphatic rings. The Balaban J connectivity index is 0.733. The molecule has 0 amide bonds. The zero-order valence-electron chi connectivity index (χ0n) is 46.9. The van der Waals surface area contributed by atoms with E-state index in [2.05, 4.69) is 52.0 Å². The third kappa shape index (κ3) is 6.69. The summed E-state index contributed by atoms with van der Waals surface area (Å²) < 4.78 is 139. The van der Waals surface area contributed by atoms with Gasteiger partial charge in [0, 0.05) is 10.8 Å². The number of fused-ring (bicyclic) bond motifs is 15. The van der Waals surface area contributed by atoms with Crippen LogP contribution in [0.15, 0.2) is 194 Å². The van der Waals surface area contributed by atoms with Crippen LogP contribution in [-0.2, 0) is 27.1 Å². The standard InChI is InChI=1S/C75H53F9/c1-68(2)60-32-40(44-20-28-54-48-12-8-10-14-58(48)70(5,64(54)36-44)73(76,77)78)16-24-50(60)52-26-18-42(34-62(52)68)46-22-30-56-57-31-23-47(39-67(57)72(7,66(56)38-46)75(82,83)84)43-19-27-53-51-25-17-41(33-61(51)69(3,4)63(53)35-43)45-21-29-55-49-13-9-11-15-59(49)71(6,65(55)37-45)74(79,80)81/h8-39H,1-7H3. The Hall–Kier alpha value is -8.43. The van der Waals surface area contributed by atoms with Crippen molar-refractivity contribution in [1.29, 1.82) is 0 Å². The molecule has 15 rings (SSSR count). The van der Waals surface area contributed by atoms with E-state index >= 15 is 39.5 Å². The lowest BCUT2D eigenvalue weighted by Crippen LogP contribution is -2.38. The zero-order chi connectivity index (χ0) is 58.8. The number of halogens is 9. The Morgan fingerprint density at radius 2 is 0.369 bits per heavy atom. The van der Waals surface area contributed by atoms with Gasteiger partial charge in [-0.2, -0.15) is 39.5 Å². The predicted octanol–water partition coefficient (Wildman–Crippen LogP) is 21.5. The highest BCUT2D eigenvalue weighted by Crippen LogP contribution is 2.62. The first-order valence-electron chi connectivity index (χ1n) is 28.3. The fourth-order valence-corrected chi connectivity index (χ4v) is 15.3. The Labute approximate surface area is 481 Å². The largest absolute Gasteiger partial charge is 0.402 e. The predicted molar refractivity (Wildman–Crippen MR) is 317 cm³/mol. The maximum atomic E-state index is 16.1. The van der Waals surface area contributed by atoms with Gasteiger partial charge in [0.05, 0.1) is 0 Å². The van der Waals surface area contributed by atoms with Gasteiger partial charge in [-0.25, -0.2) is 0 Å². The molecular weight excluding hydrogens is 1070 g/mol. The van der Waals surface area contributed by atoms with E-state index in [4.69, 9.17) is 0 Å². The summed E-state index contributed by atoms with van der Waals surface area (Å²) in [5.41, 5.74) is 10.5. The van der Waals surface area contributed by atoms with Crippen LogP contribution in [-0.4, -0.2) is 18.5 Å². The lowest BCUT2D eigenvalue weighted by Gasteiger charge is -2.30. The van der Waals surface area contributed by atoms with E-state index in [1.807, 2.05) is 72.8 Å². The van der Waals surface area contributed by atoms with E-state index in [1.165, 1.54) is 20.8 Å². The third-order valence-corrected chi connectivity index (χ3v) is 20.4. The first-order chi connectivity index (χ1) is 39.7. The van der Waals surface area contributed by atoms with E-state index in [9.17, 15) is 0 Å². The van der Waals surface area contributed by atoms with Crippen LogP contribution in [0.2, 0.25) is 0 Å². The van der Waals surface area contributed by atoms with Crippen molar-refractivity contribution in [2.45, 2.75) is 94.1 Å². The second-order valence-electron chi connectivity index (χ2n) is 25.3. The summed E-state index contributed by atoms with van der Waals surface area (Å²) >= 11 is 0. The molecular formula is C75H53F9. The SMILES string of the molecule is CC1(C)c2cc(-c3ccc4c(c3)C(C)(C(F)(F)F)c3ccccc3-4)ccc2-c2ccc(-c3ccc4c(c3)C(C)(C(F)(F)F)c3cc(-c5ccc6c(c5)C(C)(C)c5cc(-c7ccc8c(c7)C(C)(C(F)(F)F)c7ccccc7-8)ccc5-6)ccc3-4)cc21. The molecule has 10 aromatic rings. The highest BCUT2D eigenvalue weighted by molar-refractivity contribution is 5.92. The van der Waals surface area contributed by atoms with Crippen molar-refractivity contribution < 1.29 is 39.5 Å². The molecule has 9 heteroatoms. The minimum Gasteiger partial charge on any atom is -0.170 e. The lowest BCUT2D eigenvalue weighted by molar-refractivity contribution is -0.172. The van der Waals surface area contributed by atoms with Gasteiger partial charge in [-0.1, -0.05) is 173 Å². The highest BCUT2D eigenvalue weighted by Gasteiger charge is 2.61. The molecule has 84 heavy (non-hydrogen) atoms. The van der Waals surface area contributed by atoms with E-state index < -0.39 is 45.6 Å². The molecule has 0 aromatic heterocycles. The first kappa shape index (κ1) is 52.4. The minimum atomic E-state index is -4.68. The van der Waals surface area contributed by atoms with Gasteiger partial charge in [-0.3, -0.25) is 0 Å². The molecule has 10 aromatic carbocycles. The molecule has 0 nitrogen and oxygen atoms in total. The zero-order valence-corrected chi connectivity index (χ0v) is 46.9. The van der Waals surface area contributed by atoms with Crippen LogP contribution in [0.1, 0.15) is 104 Å². The summed E-state index contributed by atoms with van der Waals surface area (Å²) in [6, 6.07) is 59.1.